The van der Waals surface area contributed by atoms with Crippen LogP contribution < -0.4 is 15.4 Å². The van der Waals surface area contributed by atoms with Crippen LogP contribution in [0.1, 0.15) is 11.1 Å². The van der Waals surface area contributed by atoms with Gasteiger partial charge in [0.2, 0.25) is 0 Å². The molecule has 1 aromatic rings. The van der Waals surface area contributed by atoms with Crippen LogP contribution in [0.3, 0.4) is 0 Å². The molecule has 0 aliphatic rings. The number of benzene rings is 1. The van der Waals surface area contributed by atoms with E-state index in [-0.39, 0.29) is 0 Å². The summed E-state index contributed by atoms with van der Waals surface area (Å²) in [4.78, 5) is 21.6. The molecule has 92 valence electrons. The van der Waals surface area contributed by atoms with Crippen LogP contribution in [0.4, 0.5) is 15.3 Å². The van der Waals surface area contributed by atoms with Gasteiger partial charge < -0.3 is 15.2 Å². The normalized spacial score (nSPS) is 9.59. The minimum absolute atomic E-state index is 0.371. The van der Waals surface area contributed by atoms with Crippen molar-refractivity contribution in [3.05, 3.63) is 23.3 Å². The number of nitrogens with one attached hydrogen (secondary N) is 2. The summed E-state index contributed by atoms with van der Waals surface area (Å²) in [6.45, 7) is 3.46. The minimum atomic E-state index is -1.13. The van der Waals surface area contributed by atoms with E-state index in [9.17, 15) is 9.59 Å². The molecule has 2 amide bonds. The molecule has 0 radical (unpaired) electrons. The first kappa shape index (κ1) is 12.8. The molecule has 0 aliphatic heterocycles. The van der Waals surface area contributed by atoms with Crippen molar-refractivity contribution in [1.82, 2.24) is 5.32 Å². The highest BCUT2D eigenvalue weighted by Gasteiger charge is 2.10. The molecule has 0 aliphatic carbocycles. The lowest BCUT2D eigenvalue weighted by molar-refractivity contribution is 0.202. The Morgan fingerprint density at radius 2 is 1.76 bits per heavy atom. The molecule has 17 heavy (non-hydrogen) atoms. The van der Waals surface area contributed by atoms with Crippen molar-refractivity contribution in [3.8, 4) is 5.75 Å². The maximum absolute atomic E-state index is 11.0. The molecule has 0 bridgehead atoms. The largest absolute Gasteiger partial charge is 0.465 e. The summed E-state index contributed by atoms with van der Waals surface area (Å²) in [5.41, 5.74) is 1.87. The number of aryl methyl sites for hydroxylation is 2. The quantitative estimate of drug-likeness (QED) is 0.736. The lowest BCUT2D eigenvalue weighted by Gasteiger charge is -2.12. The van der Waals surface area contributed by atoms with Gasteiger partial charge in [-0.2, -0.15) is 0 Å². The summed E-state index contributed by atoms with van der Waals surface area (Å²) in [6.07, 6.45) is -1.70. The summed E-state index contributed by atoms with van der Waals surface area (Å²) in [7, 11) is 1.46. The second-order valence-electron chi connectivity index (χ2n) is 3.50. The fourth-order valence-corrected chi connectivity index (χ4v) is 1.44. The van der Waals surface area contributed by atoms with E-state index in [1.807, 2.05) is 0 Å². The van der Waals surface area contributed by atoms with Crippen molar-refractivity contribution in [1.29, 1.82) is 0 Å². The average molecular weight is 238 g/mol. The SMILES string of the molecule is CNC(=O)Oc1cc(C)c(NC(=O)O)c(C)c1. The van der Waals surface area contributed by atoms with E-state index < -0.39 is 12.2 Å². The summed E-state index contributed by atoms with van der Waals surface area (Å²) >= 11 is 0. The number of carbonyl (C=O) groups is 2. The van der Waals surface area contributed by atoms with Gasteiger partial charge in [-0.05, 0) is 37.1 Å². The van der Waals surface area contributed by atoms with Crippen molar-refractivity contribution in [3.63, 3.8) is 0 Å². The summed E-state index contributed by atoms with van der Waals surface area (Å²) in [6, 6.07) is 3.18. The molecular weight excluding hydrogens is 224 g/mol. The number of carboxylic acid groups (broad SMARTS) is 1. The lowest BCUT2D eigenvalue weighted by Crippen LogP contribution is -2.22. The third-order valence-electron chi connectivity index (χ3n) is 2.15. The third-order valence-corrected chi connectivity index (χ3v) is 2.15. The Morgan fingerprint density at radius 1 is 1.24 bits per heavy atom. The van der Waals surface area contributed by atoms with Gasteiger partial charge in [0, 0.05) is 7.05 Å². The third kappa shape index (κ3) is 3.37. The van der Waals surface area contributed by atoms with Crippen molar-refractivity contribution in [2.45, 2.75) is 13.8 Å². The smallest absolute Gasteiger partial charge is 0.412 e. The van der Waals surface area contributed by atoms with Crippen LogP contribution in [0.15, 0.2) is 12.1 Å². The Morgan fingerprint density at radius 3 is 2.18 bits per heavy atom. The molecule has 0 spiro atoms. The number of hydrogen-bond acceptors (Lipinski definition) is 3. The summed E-state index contributed by atoms with van der Waals surface area (Å²) in [5, 5.41) is 13.3. The molecule has 0 heterocycles. The van der Waals surface area contributed by atoms with Crippen LogP contribution in [0, 0.1) is 13.8 Å². The fraction of sp³-hybridized carbons (Fsp3) is 0.273. The molecule has 6 heteroatoms. The predicted molar refractivity (Wildman–Crippen MR) is 62.6 cm³/mol. The van der Waals surface area contributed by atoms with E-state index in [1.54, 1.807) is 26.0 Å². The van der Waals surface area contributed by atoms with Gasteiger partial charge in [0.1, 0.15) is 5.75 Å². The van der Waals surface area contributed by atoms with Gasteiger partial charge in [0.05, 0.1) is 5.69 Å². The number of ether oxygens (including phenoxy) is 1. The number of carbonyl (C=O) groups excluding carboxylic acids is 1. The van der Waals surface area contributed by atoms with Crippen molar-refractivity contribution >= 4 is 17.9 Å². The molecule has 0 unspecified atom stereocenters. The second-order valence-corrected chi connectivity index (χ2v) is 3.50. The van der Waals surface area contributed by atoms with Crippen LogP contribution in [0.5, 0.6) is 5.75 Å². The van der Waals surface area contributed by atoms with Gasteiger partial charge in [-0.25, -0.2) is 9.59 Å². The molecular formula is C11H14N2O4. The van der Waals surface area contributed by atoms with Crippen molar-refractivity contribution in [2.75, 3.05) is 12.4 Å². The van der Waals surface area contributed by atoms with Gasteiger partial charge in [-0.3, -0.25) is 5.32 Å². The molecule has 1 rings (SSSR count). The Bertz CT molecular complexity index is 434. The zero-order chi connectivity index (χ0) is 13.0. The maximum Gasteiger partial charge on any atom is 0.412 e. The highest BCUT2D eigenvalue weighted by atomic mass is 16.5. The van der Waals surface area contributed by atoms with E-state index in [4.69, 9.17) is 9.84 Å². The Hall–Kier alpha value is -2.24. The van der Waals surface area contributed by atoms with E-state index in [0.717, 1.165) is 0 Å². The fourth-order valence-electron chi connectivity index (χ4n) is 1.44. The Labute approximate surface area is 98.6 Å². The highest BCUT2D eigenvalue weighted by molar-refractivity contribution is 5.85. The lowest BCUT2D eigenvalue weighted by atomic mass is 10.1. The van der Waals surface area contributed by atoms with Crippen molar-refractivity contribution < 1.29 is 19.4 Å². The number of rotatable bonds is 2. The number of amides is 2. The number of anilines is 1. The van der Waals surface area contributed by atoms with Crippen LogP contribution >= 0.6 is 0 Å². The van der Waals surface area contributed by atoms with Crippen LogP contribution in [-0.4, -0.2) is 24.3 Å². The maximum atomic E-state index is 11.0. The van der Waals surface area contributed by atoms with Gasteiger partial charge in [0.25, 0.3) is 0 Å². The zero-order valence-electron chi connectivity index (χ0n) is 9.83. The van der Waals surface area contributed by atoms with Gasteiger partial charge in [-0.1, -0.05) is 0 Å². The molecule has 0 saturated heterocycles. The first-order valence-electron chi connectivity index (χ1n) is 4.94. The van der Waals surface area contributed by atoms with Crippen molar-refractivity contribution in [2.24, 2.45) is 0 Å². The standard InChI is InChI=1S/C11H14N2O4/c1-6-4-8(17-11(16)12-3)5-7(2)9(6)13-10(14)15/h4-5,13H,1-3H3,(H,12,16)(H,14,15). The van der Waals surface area contributed by atoms with E-state index >= 15 is 0 Å². The van der Waals surface area contributed by atoms with Gasteiger partial charge >= 0.3 is 12.2 Å². The Kier molecular flexibility index (Phi) is 3.92. The molecule has 0 atom stereocenters. The Balaban J connectivity index is 3.00. The first-order valence-corrected chi connectivity index (χ1v) is 4.94. The summed E-state index contributed by atoms with van der Waals surface area (Å²) in [5.74, 6) is 0.371. The van der Waals surface area contributed by atoms with E-state index in [1.165, 1.54) is 7.05 Å². The van der Waals surface area contributed by atoms with Crippen LogP contribution in [0.25, 0.3) is 0 Å². The topological polar surface area (TPSA) is 87.7 Å². The van der Waals surface area contributed by atoms with Crippen LogP contribution in [0.2, 0.25) is 0 Å². The molecule has 6 nitrogen and oxygen atoms in total. The second kappa shape index (κ2) is 5.20. The monoisotopic (exact) mass is 238 g/mol. The summed E-state index contributed by atoms with van der Waals surface area (Å²) < 4.78 is 4.96. The van der Waals surface area contributed by atoms with Gasteiger partial charge in [-0.15, -0.1) is 0 Å². The first-order chi connectivity index (χ1) is 7.93. The molecule has 1 aromatic carbocycles. The zero-order valence-corrected chi connectivity index (χ0v) is 9.83. The highest BCUT2D eigenvalue weighted by Crippen LogP contribution is 2.26. The molecule has 0 fully saturated rings. The minimum Gasteiger partial charge on any atom is -0.465 e. The van der Waals surface area contributed by atoms with Gasteiger partial charge in [0.15, 0.2) is 0 Å². The van der Waals surface area contributed by atoms with E-state index in [0.29, 0.717) is 22.6 Å². The molecule has 0 aromatic heterocycles. The average Bonchev–Trinajstić information content (AvgIpc) is 2.23. The number of hydrogen-bond donors (Lipinski definition) is 3. The molecule has 3 N–H and O–H groups in total. The predicted octanol–water partition coefficient (Wildman–Crippen LogP) is 2.11. The molecule has 0 saturated carbocycles. The van der Waals surface area contributed by atoms with E-state index in [2.05, 4.69) is 10.6 Å². The van der Waals surface area contributed by atoms with Crippen LogP contribution in [-0.2, 0) is 0 Å².